The summed E-state index contributed by atoms with van der Waals surface area (Å²) in [4.78, 5) is 22.6. The van der Waals surface area contributed by atoms with Crippen molar-refractivity contribution in [3.63, 3.8) is 0 Å². The molecule has 0 aromatic rings. The maximum absolute atomic E-state index is 11.4. The number of hydrogen-bond donors (Lipinski definition) is 1. The van der Waals surface area contributed by atoms with Crippen molar-refractivity contribution in [1.29, 1.82) is 0 Å². The van der Waals surface area contributed by atoms with E-state index in [-0.39, 0.29) is 12.0 Å². The molecule has 0 radical (unpaired) electrons. The van der Waals surface area contributed by atoms with E-state index < -0.39 is 17.6 Å². The largest absolute Gasteiger partial charge is 0.469 e. The highest BCUT2D eigenvalue weighted by Crippen LogP contribution is 2.09. The molecule has 0 rings (SSSR count). The number of ether oxygens (including phenoxy) is 2. The fourth-order valence-electron chi connectivity index (χ4n) is 1.01. The second-order valence-corrected chi connectivity index (χ2v) is 4.75. The highest BCUT2D eigenvalue weighted by Gasteiger charge is 2.24. The molecule has 0 saturated heterocycles. The van der Waals surface area contributed by atoms with Crippen molar-refractivity contribution in [2.24, 2.45) is 5.92 Å². The minimum Gasteiger partial charge on any atom is -0.469 e. The Balaban J connectivity index is 4.19. The molecule has 1 N–H and O–H groups in total. The quantitative estimate of drug-likeness (QED) is 0.751. The smallest absolute Gasteiger partial charge is 0.407 e. The van der Waals surface area contributed by atoms with Crippen molar-refractivity contribution in [2.45, 2.75) is 46.3 Å². The Morgan fingerprint density at radius 1 is 1.19 bits per heavy atom. The summed E-state index contributed by atoms with van der Waals surface area (Å²) in [5, 5.41) is 2.59. The van der Waals surface area contributed by atoms with Gasteiger partial charge in [0.25, 0.3) is 0 Å². The van der Waals surface area contributed by atoms with Crippen LogP contribution in [0.1, 0.15) is 34.6 Å². The molecule has 0 saturated carbocycles. The second kappa shape index (κ2) is 5.72. The van der Waals surface area contributed by atoms with Gasteiger partial charge in [-0.2, -0.15) is 0 Å². The molecule has 0 spiro atoms. The number of nitrogens with one attached hydrogen (secondary N) is 1. The summed E-state index contributed by atoms with van der Waals surface area (Å²) in [6.45, 7) is 8.75. The van der Waals surface area contributed by atoms with Gasteiger partial charge in [-0.15, -0.1) is 0 Å². The predicted octanol–water partition coefficient (Wildman–Crippen LogP) is 1.71. The van der Waals surface area contributed by atoms with Crippen LogP contribution in [0.3, 0.4) is 0 Å². The van der Waals surface area contributed by atoms with E-state index in [9.17, 15) is 9.59 Å². The van der Waals surface area contributed by atoms with E-state index in [1.807, 2.05) is 0 Å². The first-order valence-electron chi connectivity index (χ1n) is 5.24. The maximum atomic E-state index is 11.4. The number of carbonyl (C=O) groups excluding carboxylic acids is 2. The monoisotopic (exact) mass is 231 g/mol. The molecular formula is C11H21NO4. The summed E-state index contributed by atoms with van der Waals surface area (Å²) in [7, 11) is 1.32. The average molecular weight is 231 g/mol. The fraction of sp³-hybridized carbons (Fsp3) is 0.818. The molecule has 0 aromatic carbocycles. The van der Waals surface area contributed by atoms with Crippen LogP contribution in [0, 0.1) is 5.92 Å². The molecule has 1 amide bonds. The highest BCUT2D eigenvalue weighted by atomic mass is 16.6. The van der Waals surface area contributed by atoms with Crippen molar-refractivity contribution in [2.75, 3.05) is 7.11 Å². The van der Waals surface area contributed by atoms with Crippen molar-refractivity contribution in [3.05, 3.63) is 0 Å². The first-order valence-corrected chi connectivity index (χ1v) is 5.24. The van der Waals surface area contributed by atoms with E-state index >= 15 is 0 Å². The average Bonchev–Trinajstić information content (AvgIpc) is 2.12. The van der Waals surface area contributed by atoms with Gasteiger partial charge in [0.15, 0.2) is 0 Å². The van der Waals surface area contributed by atoms with Crippen LogP contribution in [0.5, 0.6) is 0 Å². The Morgan fingerprint density at radius 3 is 2.06 bits per heavy atom. The Morgan fingerprint density at radius 2 is 1.69 bits per heavy atom. The van der Waals surface area contributed by atoms with Gasteiger partial charge in [-0.3, -0.25) is 4.79 Å². The van der Waals surface area contributed by atoms with Crippen LogP contribution in [-0.2, 0) is 14.3 Å². The number of esters is 1. The van der Waals surface area contributed by atoms with Gasteiger partial charge in [-0.1, -0.05) is 0 Å². The number of alkyl carbamates (subject to hydrolysis) is 1. The molecule has 0 fully saturated rings. The minimum absolute atomic E-state index is 0.331. The Hall–Kier alpha value is -1.26. The lowest BCUT2D eigenvalue weighted by Gasteiger charge is -2.23. The van der Waals surface area contributed by atoms with E-state index in [1.165, 1.54) is 7.11 Å². The second-order valence-electron chi connectivity index (χ2n) is 4.75. The topological polar surface area (TPSA) is 64.6 Å². The minimum atomic E-state index is -0.543. The van der Waals surface area contributed by atoms with Crippen LogP contribution in [0.15, 0.2) is 0 Å². The summed E-state index contributed by atoms with van der Waals surface area (Å²) in [6.07, 6.45) is -0.532. The van der Waals surface area contributed by atoms with Gasteiger partial charge in [0, 0.05) is 6.04 Å². The fourth-order valence-corrected chi connectivity index (χ4v) is 1.01. The molecular weight excluding hydrogens is 210 g/mol. The van der Waals surface area contributed by atoms with Gasteiger partial charge >= 0.3 is 12.1 Å². The third-order valence-corrected chi connectivity index (χ3v) is 2.07. The lowest BCUT2D eigenvalue weighted by Crippen LogP contribution is -2.43. The molecule has 0 aliphatic heterocycles. The van der Waals surface area contributed by atoms with Gasteiger partial charge in [0.05, 0.1) is 13.0 Å². The molecule has 16 heavy (non-hydrogen) atoms. The molecule has 5 heteroatoms. The standard InChI is InChI=1S/C11H21NO4/c1-7(9(13)15-6)8(2)12-10(14)16-11(3,4)5/h7-8H,1-6H3,(H,12,14)/t7?,8-/m1/s1. The summed E-state index contributed by atoms with van der Waals surface area (Å²) in [5.74, 6) is -0.763. The lowest BCUT2D eigenvalue weighted by atomic mass is 10.0. The number of hydrogen-bond acceptors (Lipinski definition) is 4. The van der Waals surface area contributed by atoms with Gasteiger partial charge in [0.1, 0.15) is 5.60 Å². The first kappa shape index (κ1) is 14.7. The summed E-state index contributed by atoms with van der Waals surface area (Å²) in [5.41, 5.74) is -0.543. The number of amides is 1. The molecule has 0 heterocycles. The SMILES string of the molecule is COC(=O)C(C)[C@@H](C)NC(=O)OC(C)(C)C. The van der Waals surface area contributed by atoms with Gasteiger partial charge in [-0.25, -0.2) is 4.79 Å². The Kier molecular flexibility index (Phi) is 5.27. The van der Waals surface area contributed by atoms with Crippen molar-refractivity contribution in [1.82, 2.24) is 5.32 Å². The number of rotatable bonds is 3. The summed E-state index contributed by atoms with van der Waals surface area (Å²) >= 11 is 0. The van der Waals surface area contributed by atoms with Crippen LogP contribution in [0.4, 0.5) is 4.79 Å². The van der Waals surface area contributed by atoms with Crippen LogP contribution in [0.2, 0.25) is 0 Å². The lowest BCUT2D eigenvalue weighted by molar-refractivity contribution is -0.145. The predicted molar refractivity (Wildman–Crippen MR) is 60.0 cm³/mol. The van der Waals surface area contributed by atoms with E-state index in [1.54, 1.807) is 34.6 Å². The molecule has 0 aliphatic rings. The first-order chi connectivity index (χ1) is 7.17. The Bertz CT molecular complexity index is 257. The van der Waals surface area contributed by atoms with Crippen LogP contribution in [0.25, 0.3) is 0 Å². The van der Waals surface area contributed by atoms with Crippen molar-refractivity contribution in [3.8, 4) is 0 Å². The van der Waals surface area contributed by atoms with Crippen molar-refractivity contribution >= 4 is 12.1 Å². The van der Waals surface area contributed by atoms with Crippen LogP contribution >= 0.6 is 0 Å². The van der Waals surface area contributed by atoms with E-state index in [0.717, 1.165) is 0 Å². The normalized spacial score (nSPS) is 14.9. The highest BCUT2D eigenvalue weighted by molar-refractivity contribution is 5.74. The third-order valence-electron chi connectivity index (χ3n) is 2.07. The summed E-state index contributed by atoms with van der Waals surface area (Å²) in [6, 6.07) is -0.331. The molecule has 0 aliphatic carbocycles. The van der Waals surface area contributed by atoms with E-state index in [0.29, 0.717) is 0 Å². The zero-order chi connectivity index (χ0) is 12.9. The van der Waals surface area contributed by atoms with E-state index in [4.69, 9.17) is 4.74 Å². The van der Waals surface area contributed by atoms with Gasteiger partial charge < -0.3 is 14.8 Å². The van der Waals surface area contributed by atoms with Gasteiger partial charge in [-0.05, 0) is 34.6 Å². The zero-order valence-corrected chi connectivity index (χ0v) is 10.8. The maximum Gasteiger partial charge on any atom is 0.407 e. The number of carbonyl (C=O) groups is 2. The van der Waals surface area contributed by atoms with Crippen LogP contribution in [-0.4, -0.2) is 30.8 Å². The molecule has 2 atom stereocenters. The molecule has 94 valence electrons. The summed E-state index contributed by atoms with van der Waals surface area (Å²) < 4.78 is 9.65. The van der Waals surface area contributed by atoms with Gasteiger partial charge in [0.2, 0.25) is 0 Å². The third kappa shape index (κ3) is 5.58. The van der Waals surface area contributed by atoms with Crippen LogP contribution < -0.4 is 5.32 Å². The van der Waals surface area contributed by atoms with E-state index in [2.05, 4.69) is 10.1 Å². The molecule has 5 nitrogen and oxygen atoms in total. The molecule has 0 bridgehead atoms. The Labute approximate surface area is 96.5 Å². The number of methoxy groups -OCH3 is 1. The van der Waals surface area contributed by atoms with Crippen molar-refractivity contribution < 1.29 is 19.1 Å². The zero-order valence-electron chi connectivity index (χ0n) is 10.8. The molecule has 0 aromatic heterocycles. The molecule has 1 unspecified atom stereocenters.